The van der Waals surface area contributed by atoms with E-state index in [-0.39, 0.29) is 30.8 Å². The van der Waals surface area contributed by atoms with E-state index in [1.165, 1.54) is 19.2 Å². The fourth-order valence-electron chi connectivity index (χ4n) is 2.23. The van der Waals surface area contributed by atoms with Gasteiger partial charge in [0, 0.05) is 12.8 Å². The molecule has 3 atom stereocenters. The summed E-state index contributed by atoms with van der Waals surface area (Å²) in [5.41, 5.74) is 6.50. The van der Waals surface area contributed by atoms with Crippen LogP contribution in [0.1, 0.15) is 46.1 Å². The highest BCUT2D eigenvalue weighted by atomic mass is 16.7. The van der Waals surface area contributed by atoms with Crippen molar-refractivity contribution in [3.63, 3.8) is 0 Å². The normalized spacial score (nSPS) is 13.4. The maximum Gasteiger partial charge on any atom is 0.508 e. The summed E-state index contributed by atoms with van der Waals surface area (Å²) in [7, 11) is 1.17. The summed E-state index contributed by atoms with van der Waals surface area (Å²) in [5, 5.41) is 0. The van der Waals surface area contributed by atoms with Gasteiger partial charge in [-0.1, -0.05) is 19.9 Å². The fourth-order valence-corrected chi connectivity index (χ4v) is 2.23. The monoisotopic (exact) mass is 439 g/mol. The SMILES string of the molecule is CCC(=O)Oc1ccc(C[C@H](N)C(=O)O[C@@H](C)[C@H](C)OC(=O)OC)cc1OC(=O)CC. The van der Waals surface area contributed by atoms with Crippen LogP contribution in [0.15, 0.2) is 18.2 Å². The first kappa shape index (κ1) is 25.9. The van der Waals surface area contributed by atoms with Gasteiger partial charge < -0.3 is 29.4 Å². The molecule has 0 aliphatic carbocycles. The standard InChI is InChI=1S/C21H29NO9/c1-6-18(23)30-16-9-8-14(11-17(16)31-19(24)7-2)10-15(22)20(25)28-12(3)13(4)29-21(26)27-5/h8-9,11-13,15H,6-7,10,22H2,1-5H3/t12-,13-,15-/m0/s1. The van der Waals surface area contributed by atoms with Crippen molar-refractivity contribution in [3.8, 4) is 11.5 Å². The second kappa shape index (κ2) is 12.5. The van der Waals surface area contributed by atoms with E-state index in [4.69, 9.17) is 24.7 Å². The zero-order valence-corrected chi connectivity index (χ0v) is 18.3. The van der Waals surface area contributed by atoms with Gasteiger partial charge in [-0.2, -0.15) is 0 Å². The molecule has 0 aliphatic rings. The molecule has 0 aliphatic heterocycles. The molecule has 0 unspecified atom stereocenters. The van der Waals surface area contributed by atoms with Crippen molar-refractivity contribution in [1.29, 1.82) is 0 Å². The van der Waals surface area contributed by atoms with Crippen molar-refractivity contribution in [2.75, 3.05) is 7.11 Å². The first-order valence-corrected chi connectivity index (χ1v) is 9.86. The van der Waals surface area contributed by atoms with Crippen LogP contribution in [0.2, 0.25) is 0 Å². The fraction of sp³-hybridized carbons (Fsp3) is 0.524. The lowest BCUT2D eigenvalue weighted by Gasteiger charge is -2.22. The molecule has 0 heterocycles. The molecule has 31 heavy (non-hydrogen) atoms. The van der Waals surface area contributed by atoms with Crippen LogP contribution in [0.4, 0.5) is 4.79 Å². The number of hydrogen-bond acceptors (Lipinski definition) is 10. The molecule has 0 aromatic heterocycles. The predicted molar refractivity (Wildman–Crippen MR) is 108 cm³/mol. The Kier molecular flexibility index (Phi) is 10.5. The van der Waals surface area contributed by atoms with Crippen LogP contribution in [0.5, 0.6) is 11.5 Å². The number of benzene rings is 1. The van der Waals surface area contributed by atoms with Crippen LogP contribution in [-0.2, 0) is 35.0 Å². The van der Waals surface area contributed by atoms with Crippen molar-refractivity contribution in [1.82, 2.24) is 0 Å². The molecule has 2 N–H and O–H groups in total. The molecule has 0 fully saturated rings. The number of carbonyl (C=O) groups is 4. The van der Waals surface area contributed by atoms with Gasteiger partial charge in [-0.25, -0.2) is 4.79 Å². The molecule has 0 saturated heterocycles. The minimum Gasteiger partial charge on any atom is -0.458 e. The van der Waals surface area contributed by atoms with Crippen molar-refractivity contribution >= 4 is 24.1 Å². The molecule has 0 radical (unpaired) electrons. The van der Waals surface area contributed by atoms with Gasteiger partial charge in [-0.15, -0.1) is 0 Å². The maximum absolute atomic E-state index is 12.3. The molecule has 1 aromatic rings. The Bertz CT molecular complexity index is 793. The summed E-state index contributed by atoms with van der Waals surface area (Å²) in [5.74, 6) is -1.56. The quantitative estimate of drug-likeness (QED) is 0.426. The second-order valence-electron chi connectivity index (χ2n) is 6.67. The highest BCUT2D eigenvalue weighted by molar-refractivity contribution is 5.77. The van der Waals surface area contributed by atoms with Crippen LogP contribution >= 0.6 is 0 Å². The average Bonchev–Trinajstić information content (AvgIpc) is 2.74. The molecule has 0 spiro atoms. The third-order valence-electron chi connectivity index (χ3n) is 4.20. The Morgan fingerprint density at radius 1 is 0.903 bits per heavy atom. The summed E-state index contributed by atoms with van der Waals surface area (Å²) in [4.78, 5) is 46.8. The second-order valence-corrected chi connectivity index (χ2v) is 6.67. The molecule has 0 bridgehead atoms. The maximum atomic E-state index is 12.3. The summed E-state index contributed by atoms with van der Waals surface area (Å²) < 4.78 is 25.0. The van der Waals surface area contributed by atoms with Crippen LogP contribution in [0, 0.1) is 0 Å². The Hall–Kier alpha value is -3.14. The summed E-state index contributed by atoms with van der Waals surface area (Å²) in [6.07, 6.45) is -2.05. The molecule has 1 aromatic carbocycles. The van der Waals surface area contributed by atoms with Gasteiger partial charge in [0.25, 0.3) is 0 Å². The van der Waals surface area contributed by atoms with Crippen LogP contribution < -0.4 is 15.2 Å². The van der Waals surface area contributed by atoms with E-state index in [2.05, 4.69) is 4.74 Å². The van der Waals surface area contributed by atoms with Gasteiger partial charge in [0.1, 0.15) is 18.2 Å². The Morgan fingerprint density at radius 3 is 2.00 bits per heavy atom. The minimum atomic E-state index is -1.04. The first-order chi connectivity index (χ1) is 14.6. The van der Waals surface area contributed by atoms with Crippen LogP contribution in [0.25, 0.3) is 0 Å². The van der Waals surface area contributed by atoms with Crippen molar-refractivity contribution in [3.05, 3.63) is 23.8 Å². The number of esters is 3. The number of carbonyl (C=O) groups excluding carboxylic acids is 4. The summed E-state index contributed by atoms with van der Waals surface area (Å²) in [6.45, 7) is 6.36. The number of ether oxygens (including phenoxy) is 5. The third-order valence-corrected chi connectivity index (χ3v) is 4.20. The number of hydrogen-bond donors (Lipinski definition) is 1. The molecule has 10 nitrogen and oxygen atoms in total. The van der Waals surface area contributed by atoms with E-state index < -0.39 is 42.3 Å². The predicted octanol–water partition coefficient (Wildman–Crippen LogP) is 2.29. The minimum absolute atomic E-state index is 0.0557. The molecule has 172 valence electrons. The molecule has 1 rings (SSSR count). The van der Waals surface area contributed by atoms with E-state index in [9.17, 15) is 19.2 Å². The average molecular weight is 439 g/mol. The summed E-state index contributed by atoms with van der Waals surface area (Å²) >= 11 is 0. The van der Waals surface area contributed by atoms with Crippen molar-refractivity contribution in [2.24, 2.45) is 5.73 Å². The molecular weight excluding hydrogens is 410 g/mol. The van der Waals surface area contributed by atoms with Gasteiger partial charge in [-0.3, -0.25) is 14.4 Å². The highest BCUT2D eigenvalue weighted by Gasteiger charge is 2.25. The van der Waals surface area contributed by atoms with Gasteiger partial charge in [0.05, 0.1) is 7.11 Å². The molecule has 0 saturated carbocycles. The Labute approximate surface area is 180 Å². The largest absolute Gasteiger partial charge is 0.508 e. The number of methoxy groups -OCH3 is 1. The highest BCUT2D eigenvalue weighted by Crippen LogP contribution is 2.30. The molecule has 10 heteroatoms. The van der Waals surface area contributed by atoms with E-state index in [1.807, 2.05) is 0 Å². The van der Waals surface area contributed by atoms with Crippen LogP contribution in [0.3, 0.4) is 0 Å². The van der Waals surface area contributed by atoms with Crippen molar-refractivity contribution < 1.29 is 42.9 Å². The molecular formula is C21H29NO9. The van der Waals surface area contributed by atoms with Gasteiger partial charge in [0.15, 0.2) is 11.5 Å². The first-order valence-electron chi connectivity index (χ1n) is 9.86. The van der Waals surface area contributed by atoms with Gasteiger partial charge >= 0.3 is 24.1 Å². The van der Waals surface area contributed by atoms with Gasteiger partial charge in [0.2, 0.25) is 0 Å². The van der Waals surface area contributed by atoms with E-state index in [0.29, 0.717) is 5.56 Å². The zero-order valence-electron chi connectivity index (χ0n) is 18.3. The number of nitrogens with two attached hydrogens (primary N) is 1. The Balaban J connectivity index is 2.86. The Morgan fingerprint density at radius 2 is 1.45 bits per heavy atom. The zero-order chi connectivity index (χ0) is 23.6. The topological polar surface area (TPSA) is 140 Å². The smallest absolute Gasteiger partial charge is 0.458 e. The van der Waals surface area contributed by atoms with Crippen molar-refractivity contribution in [2.45, 2.75) is 65.2 Å². The van der Waals surface area contributed by atoms with Crippen LogP contribution in [-0.4, -0.2) is 49.4 Å². The lowest BCUT2D eigenvalue weighted by molar-refractivity contribution is -0.155. The molecule has 0 amide bonds. The van der Waals surface area contributed by atoms with E-state index >= 15 is 0 Å². The lowest BCUT2D eigenvalue weighted by Crippen LogP contribution is -2.39. The van der Waals surface area contributed by atoms with E-state index in [0.717, 1.165) is 0 Å². The third kappa shape index (κ3) is 8.63. The summed E-state index contributed by atoms with van der Waals surface area (Å²) in [6, 6.07) is 3.51. The lowest BCUT2D eigenvalue weighted by atomic mass is 10.1. The number of rotatable bonds is 10. The van der Waals surface area contributed by atoms with Gasteiger partial charge in [-0.05, 0) is 38.0 Å². The van der Waals surface area contributed by atoms with E-state index in [1.54, 1.807) is 33.8 Å².